The van der Waals surface area contributed by atoms with Crippen molar-refractivity contribution in [2.45, 2.75) is 25.4 Å². The highest BCUT2D eigenvalue weighted by atomic mass is 127. The second-order valence-corrected chi connectivity index (χ2v) is 6.43. The van der Waals surface area contributed by atoms with E-state index in [1.165, 1.54) is 0 Å². The van der Waals surface area contributed by atoms with Crippen molar-refractivity contribution in [3.8, 4) is 0 Å². The molecule has 0 fully saturated rings. The van der Waals surface area contributed by atoms with Crippen molar-refractivity contribution < 1.29 is 13.2 Å². The lowest BCUT2D eigenvalue weighted by atomic mass is 10.3. The minimum absolute atomic E-state index is 0. The first-order chi connectivity index (χ1) is 10.5. The van der Waals surface area contributed by atoms with E-state index in [4.69, 9.17) is 0 Å². The van der Waals surface area contributed by atoms with E-state index in [1.54, 1.807) is 7.05 Å². The molecular formula is C13H22F3IN4S2. The van der Waals surface area contributed by atoms with Crippen molar-refractivity contribution >= 4 is 53.0 Å². The summed E-state index contributed by atoms with van der Waals surface area (Å²) in [5.74, 6) is 1.80. The van der Waals surface area contributed by atoms with Crippen molar-refractivity contribution in [3.05, 3.63) is 16.1 Å². The Hall–Kier alpha value is -0.230. The molecule has 0 aliphatic heterocycles. The average Bonchev–Trinajstić information content (AvgIpc) is 2.94. The second kappa shape index (κ2) is 12.2. The maximum Gasteiger partial charge on any atom is 0.434 e. The Bertz CT molecular complexity index is 466. The SMILES string of the molecule is CN=C(NCCCCSC)NCCc1nc(C(F)(F)F)cs1.I. The Morgan fingerprint density at radius 2 is 2.00 bits per heavy atom. The van der Waals surface area contributed by atoms with Crippen LogP contribution in [0.1, 0.15) is 23.5 Å². The first kappa shape index (κ1) is 22.8. The van der Waals surface area contributed by atoms with E-state index in [1.807, 2.05) is 11.8 Å². The standard InChI is InChI=1S/C13H21F3N4S2.HI/c1-17-12(18-6-3-4-8-21-2)19-7-5-11-20-10(9-22-11)13(14,15)16;/h9H,3-8H2,1-2H3,(H2,17,18,19);1H. The summed E-state index contributed by atoms with van der Waals surface area (Å²) in [6, 6.07) is 0. The van der Waals surface area contributed by atoms with Crippen LogP contribution in [0.5, 0.6) is 0 Å². The van der Waals surface area contributed by atoms with Crippen LogP contribution >= 0.6 is 47.1 Å². The Labute approximate surface area is 160 Å². The molecule has 4 nitrogen and oxygen atoms in total. The maximum atomic E-state index is 12.4. The summed E-state index contributed by atoms with van der Waals surface area (Å²) in [5, 5.41) is 7.77. The highest BCUT2D eigenvalue weighted by Gasteiger charge is 2.33. The summed E-state index contributed by atoms with van der Waals surface area (Å²) in [5.41, 5.74) is -0.816. The van der Waals surface area contributed by atoms with Gasteiger partial charge in [-0.3, -0.25) is 4.99 Å². The minimum atomic E-state index is -4.36. The number of aliphatic imine (C=N–C) groups is 1. The number of hydrogen-bond acceptors (Lipinski definition) is 4. The van der Waals surface area contributed by atoms with Crippen LogP contribution in [-0.2, 0) is 12.6 Å². The number of unbranched alkanes of at least 4 members (excludes halogenated alkanes) is 1. The molecular weight excluding hydrogens is 460 g/mol. The van der Waals surface area contributed by atoms with E-state index in [-0.39, 0.29) is 24.0 Å². The number of aromatic nitrogens is 1. The Kier molecular flexibility index (Phi) is 12.1. The average molecular weight is 482 g/mol. The topological polar surface area (TPSA) is 49.3 Å². The lowest BCUT2D eigenvalue weighted by Gasteiger charge is -2.11. The van der Waals surface area contributed by atoms with Crippen LogP contribution in [0.4, 0.5) is 13.2 Å². The van der Waals surface area contributed by atoms with E-state index in [0.29, 0.717) is 23.9 Å². The zero-order valence-electron chi connectivity index (χ0n) is 13.1. The van der Waals surface area contributed by atoms with E-state index in [0.717, 1.165) is 41.9 Å². The fourth-order valence-electron chi connectivity index (χ4n) is 1.64. The molecule has 1 aromatic heterocycles. The zero-order chi connectivity index (χ0) is 16.4. The highest BCUT2D eigenvalue weighted by molar-refractivity contribution is 14.0. The molecule has 0 spiro atoms. The summed E-state index contributed by atoms with van der Waals surface area (Å²) in [6.07, 6.45) is 0.356. The molecule has 0 radical (unpaired) electrons. The third-order valence-electron chi connectivity index (χ3n) is 2.76. The molecule has 0 amide bonds. The molecule has 0 atom stereocenters. The van der Waals surface area contributed by atoms with Crippen LogP contribution in [0.15, 0.2) is 10.4 Å². The molecule has 0 aromatic carbocycles. The van der Waals surface area contributed by atoms with Crippen molar-refractivity contribution in [2.24, 2.45) is 4.99 Å². The quantitative estimate of drug-likeness (QED) is 0.257. The molecule has 134 valence electrons. The van der Waals surface area contributed by atoms with Crippen molar-refractivity contribution in [2.75, 3.05) is 32.1 Å². The molecule has 0 saturated heterocycles. The van der Waals surface area contributed by atoms with Gasteiger partial charge in [0.2, 0.25) is 0 Å². The number of rotatable bonds is 8. The smallest absolute Gasteiger partial charge is 0.356 e. The predicted molar refractivity (Wildman–Crippen MR) is 103 cm³/mol. The van der Waals surface area contributed by atoms with Gasteiger partial charge in [0.25, 0.3) is 0 Å². The van der Waals surface area contributed by atoms with Gasteiger partial charge in [-0.2, -0.15) is 24.9 Å². The maximum absolute atomic E-state index is 12.4. The number of halogens is 4. The van der Waals surface area contributed by atoms with Crippen LogP contribution in [0.3, 0.4) is 0 Å². The third kappa shape index (κ3) is 9.60. The molecule has 10 heteroatoms. The van der Waals surface area contributed by atoms with E-state index < -0.39 is 11.9 Å². The van der Waals surface area contributed by atoms with Gasteiger partial charge in [-0.1, -0.05) is 0 Å². The number of thioether (sulfide) groups is 1. The minimum Gasteiger partial charge on any atom is -0.356 e. The van der Waals surface area contributed by atoms with Gasteiger partial charge in [0.05, 0.1) is 5.01 Å². The predicted octanol–water partition coefficient (Wildman–Crippen LogP) is 3.63. The van der Waals surface area contributed by atoms with Gasteiger partial charge in [0.1, 0.15) is 0 Å². The third-order valence-corrected chi connectivity index (χ3v) is 4.37. The van der Waals surface area contributed by atoms with Gasteiger partial charge in [-0.25, -0.2) is 4.98 Å². The molecule has 1 aromatic rings. The monoisotopic (exact) mass is 482 g/mol. The van der Waals surface area contributed by atoms with E-state index >= 15 is 0 Å². The number of hydrogen-bond donors (Lipinski definition) is 2. The van der Waals surface area contributed by atoms with Gasteiger partial charge in [0.15, 0.2) is 11.7 Å². The summed E-state index contributed by atoms with van der Waals surface area (Å²) < 4.78 is 37.3. The first-order valence-corrected chi connectivity index (χ1v) is 9.19. The lowest BCUT2D eigenvalue weighted by Crippen LogP contribution is -2.38. The summed E-state index contributed by atoms with van der Waals surface area (Å²) in [6.45, 7) is 1.32. The number of thiazole rings is 1. The molecule has 0 unspecified atom stereocenters. The second-order valence-electron chi connectivity index (χ2n) is 4.50. The van der Waals surface area contributed by atoms with Gasteiger partial charge >= 0.3 is 6.18 Å². The van der Waals surface area contributed by atoms with Crippen LogP contribution in [-0.4, -0.2) is 43.1 Å². The number of nitrogens with zero attached hydrogens (tertiary/aromatic N) is 2. The molecule has 0 aliphatic rings. The van der Waals surface area contributed by atoms with Crippen molar-refractivity contribution in [3.63, 3.8) is 0 Å². The molecule has 2 N–H and O–H groups in total. The fraction of sp³-hybridized carbons (Fsp3) is 0.692. The van der Waals surface area contributed by atoms with Gasteiger partial charge < -0.3 is 10.6 Å². The lowest BCUT2D eigenvalue weighted by molar-refractivity contribution is -0.140. The molecule has 0 aliphatic carbocycles. The van der Waals surface area contributed by atoms with Crippen LogP contribution < -0.4 is 10.6 Å². The van der Waals surface area contributed by atoms with E-state index in [2.05, 4.69) is 26.9 Å². The molecule has 1 rings (SSSR count). The zero-order valence-corrected chi connectivity index (χ0v) is 17.0. The Morgan fingerprint density at radius 1 is 1.30 bits per heavy atom. The number of alkyl halides is 3. The van der Waals surface area contributed by atoms with Crippen molar-refractivity contribution in [1.82, 2.24) is 15.6 Å². The normalized spacial score (nSPS) is 12.0. The Balaban J connectivity index is 0.00000484. The van der Waals surface area contributed by atoms with Crippen molar-refractivity contribution in [1.29, 1.82) is 0 Å². The summed E-state index contributed by atoms with van der Waals surface area (Å²) in [7, 11) is 1.67. The molecule has 0 saturated carbocycles. The Morgan fingerprint density at radius 3 is 2.57 bits per heavy atom. The largest absolute Gasteiger partial charge is 0.434 e. The van der Waals surface area contributed by atoms with Gasteiger partial charge in [0, 0.05) is 31.9 Å². The number of nitrogens with one attached hydrogen (secondary N) is 2. The van der Waals surface area contributed by atoms with E-state index in [9.17, 15) is 13.2 Å². The van der Waals surface area contributed by atoms with Gasteiger partial charge in [-0.05, 0) is 24.9 Å². The number of guanidine groups is 1. The molecule has 1 heterocycles. The molecule has 0 bridgehead atoms. The summed E-state index contributed by atoms with van der Waals surface area (Å²) in [4.78, 5) is 7.66. The van der Waals surface area contributed by atoms with Crippen LogP contribution in [0, 0.1) is 0 Å². The van der Waals surface area contributed by atoms with Crippen LogP contribution in [0.2, 0.25) is 0 Å². The first-order valence-electron chi connectivity index (χ1n) is 6.92. The van der Waals surface area contributed by atoms with Crippen LogP contribution in [0.25, 0.3) is 0 Å². The highest BCUT2D eigenvalue weighted by Crippen LogP contribution is 2.29. The summed E-state index contributed by atoms with van der Waals surface area (Å²) >= 11 is 2.85. The van der Waals surface area contributed by atoms with Gasteiger partial charge in [-0.15, -0.1) is 35.3 Å². The fourth-order valence-corrected chi connectivity index (χ4v) is 2.94. The molecule has 23 heavy (non-hydrogen) atoms.